The van der Waals surface area contributed by atoms with E-state index < -0.39 is 10.0 Å². The van der Waals surface area contributed by atoms with Crippen molar-refractivity contribution in [2.75, 3.05) is 31.9 Å². The highest BCUT2D eigenvalue weighted by Gasteiger charge is 2.26. The first-order chi connectivity index (χ1) is 10.4. The number of nitrogens with zero attached hydrogens (tertiary/aromatic N) is 4. The van der Waals surface area contributed by atoms with Gasteiger partial charge >= 0.3 is 0 Å². The molecule has 3 N–H and O–H groups in total. The summed E-state index contributed by atoms with van der Waals surface area (Å²) in [6.07, 6.45) is 4.98. The number of nitrogens with one attached hydrogen (secondary N) is 1. The molecule has 132 valence electrons. The predicted octanol–water partition coefficient (Wildman–Crippen LogP) is 0.0814. The molecule has 1 aliphatic heterocycles. The molecule has 1 fully saturated rings. The second-order valence-electron chi connectivity index (χ2n) is 5.48. The van der Waals surface area contributed by atoms with Crippen LogP contribution in [0.2, 0.25) is 0 Å². The third kappa shape index (κ3) is 6.26. The molecule has 10 heteroatoms. The van der Waals surface area contributed by atoms with Crippen LogP contribution in [0.4, 0.5) is 0 Å². The summed E-state index contributed by atoms with van der Waals surface area (Å²) in [6, 6.07) is 0. The zero-order valence-corrected chi connectivity index (χ0v) is 16.6. The molecule has 23 heavy (non-hydrogen) atoms. The number of rotatable bonds is 5. The van der Waals surface area contributed by atoms with Crippen molar-refractivity contribution in [1.82, 2.24) is 20.0 Å². The van der Waals surface area contributed by atoms with Crippen LogP contribution in [-0.2, 0) is 17.1 Å². The first kappa shape index (κ1) is 20.2. The van der Waals surface area contributed by atoms with Crippen molar-refractivity contribution in [2.24, 2.45) is 17.2 Å². The second kappa shape index (κ2) is 8.83. The lowest BCUT2D eigenvalue weighted by Crippen LogP contribution is -2.40. The minimum absolute atomic E-state index is 0. The van der Waals surface area contributed by atoms with Gasteiger partial charge in [0.1, 0.15) is 0 Å². The fraction of sp³-hybridized carbons (Fsp3) is 0.692. The third-order valence-electron chi connectivity index (χ3n) is 3.66. The summed E-state index contributed by atoms with van der Waals surface area (Å²) >= 11 is 0. The van der Waals surface area contributed by atoms with Gasteiger partial charge in [-0.3, -0.25) is 9.67 Å². The number of likely N-dealkylation sites (tertiary alicyclic amines) is 1. The Balaban J connectivity index is 0.00000264. The highest BCUT2D eigenvalue weighted by Crippen LogP contribution is 2.26. The Morgan fingerprint density at radius 3 is 2.87 bits per heavy atom. The van der Waals surface area contributed by atoms with Crippen LogP contribution in [0.1, 0.15) is 24.8 Å². The van der Waals surface area contributed by atoms with E-state index in [1.165, 1.54) is 5.56 Å². The molecule has 1 aromatic rings. The van der Waals surface area contributed by atoms with E-state index in [1.807, 2.05) is 31.0 Å². The number of sulfonamides is 1. The van der Waals surface area contributed by atoms with Crippen molar-refractivity contribution in [2.45, 2.75) is 19.3 Å². The Morgan fingerprint density at radius 1 is 1.57 bits per heavy atom. The standard InChI is InChI=1S/C13H24N6O2S.HI/c1-3-15-13(16-5-7-22(14,20)21)19-6-4-11(10-19)12-8-17-18(2)9-12;/h8-9,11H,3-7,10H2,1-2H3,(H,15,16)(H2,14,20,21);1H. The summed E-state index contributed by atoms with van der Waals surface area (Å²) in [7, 11) is -1.56. The van der Waals surface area contributed by atoms with Gasteiger partial charge in [-0.15, -0.1) is 24.0 Å². The smallest absolute Gasteiger partial charge is 0.210 e. The quantitative estimate of drug-likeness (QED) is 0.371. The summed E-state index contributed by atoms with van der Waals surface area (Å²) in [6.45, 7) is 4.65. The molecule has 2 rings (SSSR count). The van der Waals surface area contributed by atoms with Crippen molar-refractivity contribution < 1.29 is 8.42 Å². The molecule has 1 aliphatic rings. The van der Waals surface area contributed by atoms with Crippen LogP contribution in [-0.4, -0.2) is 61.0 Å². The second-order valence-corrected chi connectivity index (χ2v) is 7.22. The zero-order chi connectivity index (χ0) is 16.2. The van der Waals surface area contributed by atoms with Crippen LogP contribution in [0.3, 0.4) is 0 Å². The van der Waals surface area contributed by atoms with E-state index in [2.05, 4.69) is 20.3 Å². The van der Waals surface area contributed by atoms with Crippen molar-refractivity contribution in [3.63, 3.8) is 0 Å². The van der Waals surface area contributed by atoms with E-state index >= 15 is 0 Å². The van der Waals surface area contributed by atoms with Crippen LogP contribution < -0.4 is 10.5 Å². The largest absolute Gasteiger partial charge is 0.357 e. The lowest BCUT2D eigenvalue weighted by atomic mass is 10.0. The van der Waals surface area contributed by atoms with Gasteiger partial charge in [-0.05, 0) is 18.9 Å². The number of guanidine groups is 1. The molecular formula is C13H25IN6O2S. The maximum atomic E-state index is 11.0. The van der Waals surface area contributed by atoms with E-state index in [9.17, 15) is 8.42 Å². The average Bonchev–Trinajstić information content (AvgIpc) is 3.05. The lowest BCUT2D eigenvalue weighted by Gasteiger charge is -2.21. The van der Waals surface area contributed by atoms with Crippen LogP contribution >= 0.6 is 24.0 Å². The van der Waals surface area contributed by atoms with Crippen molar-refractivity contribution >= 4 is 40.0 Å². The Labute approximate surface area is 154 Å². The SMILES string of the molecule is CCNC(=NCCS(N)(=O)=O)N1CCC(c2cnn(C)c2)C1.I. The molecule has 0 spiro atoms. The zero-order valence-electron chi connectivity index (χ0n) is 13.5. The molecule has 0 amide bonds. The minimum atomic E-state index is -3.47. The monoisotopic (exact) mass is 456 g/mol. The van der Waals surface area contributed by atoms with E-state index in [-0.39, 0.29) is 36.3 Å². The number of hydrogen-bond donors (Lipinski definition) is 2. The molecule has 8 nitrogen and oxygen atoms in total. The molecule has 1 atom stereocenters. The first-order valence-electron chi connectivity index (χ1n) is 7.41. The van der Waals surface area contributed by atoms with Gasteiger partial charge in [0.25, 0.3) is 0 Å². The topological polar surface area (TPSA) is 106 Å². The van der Waals surface area contributed by atoms with Gasteiger partial charge < -0.3 is 10.2 Å². The van der Waals surface area contributed by atoms with Crippen molar-refractivity contribution in [3.8, 4) is 0 Å². The van der Waals surface area contributed by atoms with Gasteiger partial charge in [-0.2, -0.15) is 5.10 Å². The molecule has 0 aromatic carbocycles. The molecule has 1 saturated heterocycles. The molecule has 2 heterocycles. The van der Waals surface area contributed by atoms with E-state index in [0.717, 1.165) is 32.0 Å². The molecule has 1 aromatic heterocycles. The van der Waals surface area contributed by atoms with Crippen LogP contribution in [0, 0.1) is 0 Å². The molecule has 0 aliphatic carbocycles. The molecule has 0 radical (unpaired) electrons. The first-order valence-corrected chi connectivity index (χ1v) is 9.13. The summed E-state index contributed by atoms with van der Waals surface area (Å²) in [5.74, 6) is 1.04. The fourth-order valence-electron chi connectivity index (χ4n) is 2.58. The lowest BCUT2D eigenvalue weighted by molar-refractivity contribution is 0.486. The van der Waals surface area contributed by atoms with Gasteiger partial charge in [0.05, 0.1) is 18.5 Å². The van der Waals surface area contributed by atoms with E-state index in [4.69, 9.17) is 5.14 Å². The third-order valence-corrected chi connectivity index (χ3v) is 4.41. The average molecular weight is 456 g/mol. The predicted molar refractivity (Wildman–Crippen MR) is 102 cm³/mol. The molecular weight excluding hydrogens is 431 g/mol. The fourth-order valence-corrected chi connectivity index (χ4v) is 2.93. The maximum absolute atomic E-state index is 11.0. The number of aryl methyl sites for hydroxylation is 1. The number of halogens is 1. The highest BCUT2D eigenvalue weighted by atomic mass is 127. The van der Waals surface area contributed by atoms with E-state index in [1.54, 1.807) is 0 Å². The van der Waals surface area contributed by atoms with E-state index in [0.29, 0.717) is 5.92 Å². The van der Waals surface area contributed by atoms with Gasteiger partial charge in [0.2, 0.25) is 10.0 Å². The number of primary sulfonamides is 1. The Morgan fingerprint density at radius 2 is 2.30 bits per heavy atom. The van der Waals surface area contributed by atoms with Crippen molar-refractivity contribution in [1.29, 1.82) is 0 Å². The Kier molecular flexibility index (Phi) is 7.74. The van der Waals surface area contributed by atoms with Crippen LogP contribution in [0.15, 0.2) is 17.4 Å². The Bertz CT molecular complexity index is 630. The number of nitrogens with two attached hydrogens (primary N) is 1. The summed E-state index contributed by atoms with van der Waals surface area (Å²) in [5, 5.41) is 12.4. The summed E-state index contributed by atoms with van der Waals surface area (Å²) < 4.78 is 23.8. The summed E-state index contributed by atoms with van der Waals surface area (Å²) in [5.41, 5.74) is 1.23. The molecule has 0 saturated carbocycles. The van der Waals surface area contributed by atoms with Crippen LogP contribution in [0.5, 0.6) is 0 Å². The summed E-state index contributed by atoms with van der Waals surface area (Å²) in [4.78, 5) is 6.52. The number of hydrogen-bond acceptors (Lipinski definition) is 4. The van der Waals surface area contributed by atoms with Gasteiger partial charge in [0, 0.05) is 38.8 Å². The maximum Gasteiger partial charge on any atom is 0.210 e. The highest BCUT2D eigenvalue weighted by molar-refractivity contribution is 14.0. The number of aliphatic imine (C=N–C) groups is 1. The van der Waals surface area contributed by atoms with Gasteiger partial charge in [0.15, 0.2) is 5.96 Å². The van der Waals surface area contributed by atoms with Crippen LogP contribution in [0.25, 0.3) is 0 Å². The normalized spacial score (nSPS) is 18.8. The van der Waals surface area contributed by atoms with Crippen molar-refractivity contribution in [3.05, 3.63) is 18.0 Å². The Hall–Kier alpha value is -0.880. The molecule has 0 bridgehead atoms. The molecule has 1 unspecified atom stereocenters. The number of aromatic nitrogens is 2. The van der Waals surface area contributed by atoms with Gasteiger partial charge in [-0.25, -0.2) is 13.6 Å². The van der Waals surface area contributed by atoms with Gasteiger partial charge in [-0.1, -0.05) is 0 Å². The minimum Gasteiger partial charge on any atom is -0.357 e.